The molecule has 7 atom stereocenters. The lowest BCUT2D eigenvalue weighted by atomic mass is 9.94. The minimum atomic E-state index is -1.42. The number of benzene rings is 1. The minimum absolute atomic E-state index is 0.0667. The van der Waals surface area contributed by atoms with Gasteiger partial charge in [-0.25, -0.2) is 0 Å². The van der Waals surface area contributed by atoms with E-state index in [0.29, 0.717) is 6.67 Å². The Kier molecular flexibility index (Phi) is 6.32. The van der Waals surface area contributed by atoms with Crippen LogP contribution in [-0.2, 0) is 11.2 Å². The van der Waals surface area contributed by atoms with Gasteiger partial charge in [0.05, 0.1) is 19.0 Å². The fraction of sp³-hybridized carbons (Fsp3) is 0.750. The van der Waals surface area contributed by atoms with Gasteiger partial charge >= 0.3 is 0 Å². The van der Waals surface area contributed by atoms with Crippen LogP contribution in [0.25, 0.3) is 0 Å². The summed E-state index contributed by atoms with van der Waals surface area (Å²) in [4.78, 5) is 6.72. The first-order valence-corrected chi connectivity index (χ1v) is 12.3. The zero-order valence-corrected chi connectivity index (χ0v) is 20.0. The van der Waals surface area contributed by atoms with Gasteiger partial charge in [-0.3, -0.25) is 15.1 Å². The Hall–Kier alpha value is -1.46. The predicted octanol–water partition coefficient (Wildman–Crippen LogP) is 0.100. The highest BCUT2D eigenvalue weighted by molar-refractivity contribution is 5.58. The second kappa shape index (κ2) is 8.96. The van der Waals surface area contributed by atoms with Crippen molar-refractivity contribution in [1.82, 2.24) is 15.1 Å². The Bertz CT molecular complexity index is 854. The van der Waals surface area contributed by atoms with Crippen molar-refractivity contribution in [2.75, 3.05) is 44.9 Å². The number of nitrogens with zero attached hydrogens (tertiary/aromatic N) is 3. The van der Waals surface area contributed by atoms with Gasteiger partial charge in [-0.05, 0) is 51.8 Å². The molecule has 0 saturated carbocycles. The van der Waals surface area contributed by atoms with Gasteiger partial charge in [-0.15, -0.1) is 0 Å². The molecule has 9 nitrogen and oxygen atoms in total. The summed E-state index contributed by atoms with van der Waals surface area (Å²) in [6, 6.07) is 6.22. The first-order valence-electron chi connectivity index (χ1n) is 12.3. The molecule has 0 spiro atoms. The van der Waals surface area contributed by atoms with E-state index in [-0.39, 0.29) is 24.9 Å². The fourth-order valence-corrected chi connectivity index (χ4v) is 6.09. The smallest absolute Gasteiger partial charge is 0.141 e. The van der Waals surface area contributed by atoms with Crippen LogP contribution in [-0.4, -0.2) is 96.3 Å². The van der Waals surface area contributed by atoms with E-state index in [9.17, 15) is 10.2 Å². The molecular formula is C24H39N5O4. The molecule has 3 fully saturated rings. The molecule has 1 aromatic rings. The molecule has 4 aliphatic rings. The summed E-state index contributed by atoms with van der Waals surface area (Å²) in [5.74, 6) is 1.01. The highest BCUT2D eigenvalue weighted by atomic mass is 16.6. The van der Waals surface area contributed by atoms with Crippen LogP contribution in [0.4, 0.5) is 5.69 Å². The molecule has 33 heavy (non-hydrogen) atoms. The van der Waals surface area contributed by atoms with Crippen molar-refractivity contribution in [2.45, 2.75) is 69.5 Å². The molecule has 3 saturated heterocycles. The van der Waals surface area contributed by atoms with Crippen LogP contribution in [0, 0.1) is 5.92 Å². The van der Waals surface area contributed by atoms with Crippen LogP contribution in [0.3, 0.4) is 0 Å². The summed E-state index contributed by atoms with van der Waals surface area (Å²) in [7, 11) is 2.05. The van der Waals surface area contributed by atoms with Gasteiger partial charge in [0.2, 0.25) is 0 Å². The van der Waals surface area contributed by atoms with Crippen LogP contribution >= 0.6 is 0 Å². The average molecular weight is 462 g/mol. The van der Waals surface area contributed by atoms with Gasteiger partial charge < -0.3 is 30.3 Å². The van der Waals surface area contributed by atoms with Gasteiger partial charge in [0, 0.05) is 37.3 Å². The molecule has 5 rings (SSSR count). The highest BCUT2D eigenvalue weighted by Gasteiger charge is 2.57. The third-order valence-electron chi connectivity index (χ3n) is 8.14. The maximum atomic E-state index is 11.2. The standard InChI is InChI=1S/C24H39N5O4/c1-4-28-10-5-6-15-7-8-16(12-18(15)28)32-13-19-24(2,31)20(30)23(33-19)29-11-9-17-21(25)26-14-27(3)22(17)29/h7-8,12,17,19-23,26,30-31H,4-6,9-11,13-14,25H2,1-3H3/t17?,19-,20+,21?,22?,23-,24-/m1/s1. The van der Waals surface area contributed by atoms with E-state index in [4.69, 9.17) is 15.2 Å². The summed E-state index contributed by atoms with van der Waals surface area (Å²) >= 11 is 0. The maximum absolute atomic E-state index is 11.2. The molecule has 1 aromatic carbocycles. The normalized spacial score (nSPS) is 39.5. The number of anilines is 1. The zero-order chi connectivity index (χ0) is 23.3. The van der Waals surface area contributed by atoms with Gasteiger partial charge in [-0.2, -0.15) is 0 Å². The Balaban J connectivity index is 1.28. The fourth-order valence-electron chi connectivity index (χ4n) is 6.09. The molecule has 0 radical (unpaired) electrons. The number of hydrogen-bond donors (Lipinski definition) is 4. The van der Waals surface area contributed by atoms with Crippen LogP contribution in [0.5, 0.6) is 5.75 Å². The van der Waals surface area contributed by atoms with Crippen LogP contribution in [0.2, 0.25) is 0 Å². The second-order valence-corrected chi connectivity index (χ2v) is 10.2. The number of likely N-dealkylation sites (tertiary alicyclic amines) is 1. The van der Waals surface area contributed by atoms with Crippen molar-refractivity contribution >= 4 is 5.69 Å². The first-order chi connectivity index (χ1) is 15.8. The van der Waals surface area contributed by atoms with E-state index >= 15 is 0 Å². The lowest BCUT2D eigenvalue weighted by Gasteiger charge is -2.44. The molecule has 5 N–H and O–H groups in total. The van der Waals surface area contributed by atoms with Crippen LogP contribution in [0.1, 0.15) is 32.3 Å². The minimum Gasteiger partial charge on any atom is -0.491 e. The number of aryl methyl sites for hydroxylation is 1. The quantitative estimate of drug-likeness (QED) is 0.486. The van der Waals surface area contributed by atoms with Gasteiger partial charge in [0.15, 0.2) is 0 Å². The summed E-state index contributed by atoms with van der Waals surface area (Å²) < 4.78 is 12.4. The third-order valence-corrected chi connectivity index (χ3v) is 8.14. The maximum Gasteiger partial charge on any atom is 0.141 e. The molecule has 0 bridgehead atoms. The molecule has 4 aliphatic heterocycles. The molecular weight excluding hydrogens is 422 g/mol. The molecule has 184 valence electrons. The van der Waals surface area contributed by atoms with E-state index in [1.54, 1.807) is 6.92 Å². The summed E-state index contributed by atoms with van der Waals surface area (Å²) in [5.41, 5.74) is 7.46. The first kappa shape index (κ1) is 23.3. The van der Waals surface area contributed by atoms with Gasteiger partial charge in [0.25, 0.3) is 0 Å². The summed E-state index contributed by atoms with van der Waals surface area (Å²) in [6.07, 6.45) is 0.884. The Labute approximate surface area is 196 Å². The van der Waals surface area contributed by atoms with E-state index in [1.807, 2.05) is 13.1 Å². The largest absolute Gasteiger partial charge is 0.491 e. The lowest BCUT2D eigenvalue weighted by molar-refractivity contribution is -0.134. The monoisotopic (exact) mass is 461 g/mol. The van der Waals surface area contributed by atoms with Gasteiger partial charge in [-0.1, -0.05) is 6.07 Å². The van der Waals surface area contributed by atoms with E-state index in [0.717, 1.165) is 38.2 Å². The number of fused-ring (bicyclic) bond motifs is 2. The third kappa shape index (κ3) is 4.03. The molecule has 9 heteroatoms. The summed E-state index contributed by atoms with van der Waals surface area (Å²) in [5, 5.41) is 25.6. The second-order valence-electron chi connectivity index (χ2n) is 10.2. The Morgan fingerprint density at radius 3 is 2.94 bits per heavy atom. The van der Waals surface area contributed by atoms with Crippen molar-refractivity contribution in [2.24, 2.45) is 11.7 Å². The van der Waals surface area contributed by atoms with E-state index < -0.39 is 24.0 Å². The van der Waals surface area contributed by atoms with E-state index in [2.05, 4.69) is 39.1 Å². The average Bonchev–Trinajstić information content (AvgIpc) is 3.35. The van der Waals surface area contributed by atoms with Crippen molar-refractivity contribution in [3.05, 3.63) is 23.8 Å². The summed E-state index contributed by atoms with van der Waals surface area (Å²) in [6.45, 7) is 7.45. The van der Waals surface area contributed by atoms with Crippen LogP contribution < -0.4 is 20.7 Å². The number of aliphatic hydroxyl groups excluding tert-OH is 1. The number of hydrogen-bond acceptors (Lipinski definition) is 9. The lowest BCUT2D eigenvalue weighted by Crippen LogP contribution is -2.65. The van der Waals surface area contributed by atoms with E-state index in [1.165, 1.54) is 17.7 Å². The number of aliphatic hydroxyl groups is 2. The van der Waals surface area contributed by atoms with Gasteiger partial charge in [0.1, 0.15) is 36.4 Å². The predicted molar refractivity (Wildman–Crippen MR) is 126 cm³/mol. The number of nitrogens with two attached hydrogens (primary N) is 1. The Morgan fingerprint density at radius 1 is 1.33 bits per heavy atom. The van der Waals surface area contributed by atoms with Crippen molar-refractivity contribution < 1.29 is 19.7 Å². The topological polar surface area (TPSA) is 107 Å². The number of ether oxygens (including phenoxy) is 2. The Morgan fingerprint density at radius 2 is 2.15 bits per heavy atom. The molecule has 0 aromatic heterocycles. The van der Waals surface area contributed by atoms with Crippen molar-refractivity contribution in [3.63, 3.8) is 0 Å². The molecule has 0 amide bonds. The van der Waals surface area contributed by atoms with Crippen molar-refractivity contribution in [3.8, 4) is 5.75 Å². The number of rotatable bonds is 5. The zero-order valence-electron chi connectivity index (χ0n) is 20.0. The highest BCUT2D eigenvalue weighted by Crippen LogP contribution is 2.40. The van der Waals surface area contributed by atoms with Crippen LogP contribution in [0.15, 0.2) is 18.2 Å². The van der Waals surface area contributed by atoms with Crippen molar-refractivity contribution in [1.29, 1.82) is 0 Å². The molecule has 0 aliphatic carbocycles. The molecule has 3 unspecified atom stereocenters. The molecule has 4 heterocycles. The SMILES string of the molecule is CCN1CCCc2ccc(OC[C@H]3O[C@@H](N4CCC5C(N)NCN(C)C54)[C@H](O)[C@]3(C)O)cc21. The number of nitrogens with one attached hydrogen (secondary N) is 1.